The smallest absolute Gasteiger partial charge is 0.224 e. The van der Waals surface area contributed by atoms with E-state index >= 15 is 0 Å². The van der Waals surface area contributed by atoms with Crippen LogP contribution in [0, 0.1) is 0 Å². The standard InChI is InChI=1S/C13H17NO3/c1-10(15)5-3-8-13(16)14-11-6-4-7-12(9-11)17-2/h4,6-7,9H,3,5,8H2,1-2H3,(H,14,16). The number of rotatable bonds is 6. The number of nitrogens with one attached hydrogen (secondary N) is 1. The number of amides is 1. The molecule has 1 aromatic carbocycles. The number of hydrogen-bond acceptors (Lipinski definition) is 3. The molecule has 0 saturated carbocycles. The molecule has 0 aromatic heterocycles. The van der Waals surface area contributed by atoms with Crippen LogP contribution in [0.1, 0.15) is 26.2 Å². The van der Waals surface area contributed by atoms with Crippen LogP contribution in [0.5, 0.6) is 5.75 Å². The fraction of sp³-hybridized carbons (Fsp3) is 0.385. The van der Waals surface area contributed by atoms with Gasteiger partial charge in [-0.3, -0.25) is 4.79 Å². The van der Waals surface area contributed by atoms with E-state index in [0.717, 1.165) is 0 Å². The van der Waals surface area contributed by atoms with Crippen LogP contribution < -0.4 is 10.1 Å². The van der Waals surface area contributed by atoms with Crippen LogP contribution in [0.25, 0.3) is 0 Å². The number of Topliss-reactive ketones (excluding diaryl/α,β-unsaturated/α-hetero) is 1. The van der Waals surface area contributed by atoms with Gasteiger partial charge in [-0.2, -0.15) is 0 Å². The van der Waals surface area contributed by atoms with Gasteiger partial charge in [0, 0.05) is 24.6 Å². The highest BCUT2D eigenvalue weighted by molar-refractivity contribution is 5.91. The SMILES string of the molecule is COc1cccc(NC(=O)CCCC(C)=O)c1. The molecule has 0 saturated heterocycles. The molecule has 0 unspecified atom stereocenters. The van der Waals surface area contributed by atoms with Gasteiger partial charge >= 0.3 is 0 Å². The van der Waals surface area contributed by atoms with Gasteiger partial charge in [0.1, 0.15) is 11.5 Å². The average molecular weight is 235 g/mol. The van der Waals surface area contributed by atoms with Gasteiger partial charge in [-0.15, -0.1) is 0 Å². The van der Waals surface area contributed by atoms with Crippen LogP contribution in [0.2, 0.25) is 0 Å². The first-order valence-electron chi connectivity index (χ1n) is 5.55. The monoisotopic (exact) mass is 235 g/mol. The lowest BCUT2D eigenvalue weighted by Gasteiger charge is -2.06. The van der Waals surface area contributed by atoms with Gasteiger partial charge in [-0.05, 0) is 25.5 Å². The Bertz CT molecular complexity index is 401. The molecule has 0 aliphatic rings. The number of hydrogen-bond donors (Lipinski definition) is 1. The molecule has 0 heterocycles. The molecule has 0 spiro atoms. The molecule has 1 rings (SSSR count). The molecule has 4 heteroatoms. The Morgan fingerprint density at radius 1 is 1.29 bits per heavy atom. The zero-order chi connectivity index (χ0) is 12.7. The zero-order valence-corrected chi connectivity index (χ0v) is 10.2. The van der Waals surface area contributed by atoms with Crippen LogP contribution >= 0.6 is 0 Å². The summed E-state index contributed by atoms with van der Waals surface area (Å²) in [6, 6.07) is 7.17. The van der Waals surface area contributed by atoms with Crippen LogP contribution in [0.4, 0.5) is 5.69 Å². The lowest BCUT2D eigenvalue weighted by molar-refractivity contribution is -0.117. The average Bonchev–Trinajstić information content (AvgIpc) is 2.28. The van der Waals surface area contributed by atoms with Gasteiger partial charge < -0.3 is 14.8 Å². The first kappa shape index (κ1) is 13.2. The second-order valence-corrected chi connectivity index (χ2v) is 3.84. The Balaban J connectivity index is 2.42. The largest absolute Gasteiger partial charge is 0.497 e. The Morgan fingerprint density at radius 3 is 2.71 bits per heavy atom. The van der Waals surface area contributed by atoms with Gasteiger partial charge in [-0.1, -0.05) is 6.07 Å². The number of ketones is 1. The molecule has 17 heavy (non-hydrogen) atoms. The van der Waals surface area contributed by atoms with Gasteiger partial charge in [0.25, 0.3) is 0 Å². The summed E-state index contributed by atoms with van der Waals surface area (Å²) in [6.45, 7) is 1.53. The predicted molar refractivity (Wildman–Crippen MR) is 66.2 cm³/mol. The molecule has 1 amide bonds. The fourth-order valence-electron chi connectivity index (χ4n) is 1.42. The Hall–Kier alpha value is -1.84. The predicted octanol–water partition coefficient (Wildman–Crippen LogP) is 2.39. The van der Waals surface area contributed by atoms with Gasteiger partial charge in [0.15, 0.2) is 0 Å². The summed E-state index contributed by atoms with van der Waals surface area (Å²) in [5.41, 5.74) is 0.706. The van der Waals surface area contributed by atoms with Crippen LogP contribution in [-0.4, -0.2) is 18.8 Å². The van der Waals surface area contributed by atoms with Crippen molar-refractivity contribution < 1.29 is 14.3 Å². The van der Waals surface area contributed by atoms with E-state index < -0.39 is 0 Å². The number of benzene rings is 1. The summed E-state index contributed by atoms with van der Waals surface area (Å²) in [5, 5.41) is 2.76. The zero-order valence-electron chi connectivity index (χ0n) is 10.2. The summed E-state index contributed by atoms with van der Waals surface area (Å²) in [6.07, 6.45) is 1.40. The number of methoxy groups -OCH3 is 1. The summed E-state index contributed by atoms with van der Waals surface area (Å²) >= 11 is 0. The van der Waals surface area contributed by atoms with Crippen molar-refractivity contribution in [2.75, 3.05) is 12.4 Å². The van der Waals surface area contributed by atoms with Crippen LogP contribution in [0.15, 0.2) is 24.3 Å². The Labute approximate surface area is 101 Å². The minimum Gasteiger partial charge on any atom is -0.497 e. The first-order chi connectivity index (χ1) is 8.11. The molecule has 0 fully saturated rings. The molecule has 0 aliphatic heterocycles. The van der Waals surface area contributed by atoms with Gasteiger partial charge in [0.05, 0.1) is 7.11 Å². The van der Waals surface area contributed by atoms with E-state index in [4.69, 9.17) is 4.74 Å². The molecule has 0 aliphatic carbocycles. The van der Waals surface area contributed by atoms with E-state index in [1.54, 1.807) is 19.2 Å². The highest BCUT2D eigenvalue weighted by atomic mass is 16.5. The maximum absolute atomic E-state index is 11.5. The number of carbonyl (C=O) groups is 2. The van der Waals surface area contributed by atoms with Gasteiger partial charge in [0.2, 0.25) is 5.91 Å². The number of carbonyl (C=O) groups excluding carboxylic acids is 2. The van der Waals surface area contributed by atoms with Crippen LogP contribution in [0.3, 0.4) is 0 Å². The quantitative estimate of drug-likeness (QED) is 0.823. The first-order valence-corrected chi connectivity index (χ1v) is 5.55. The van der Waals surface area contributed by atoms with Crippen molar-refractivity contribution in [1.29, 1.82) is 0 Å². The molecule has 1 aromatic rings. The highest BCUT2D eigenvalue weighted by Gasteiger charge is 2.04. The summed E-state index contributed by atoms with van der Waals surface area (Å²) in [5.74, 6) is 0.727. The van der Waals surface area contributed by atoms with Crippen molar-refractivity contribution in [2.45, 2.75) is 26.2 Å². The number of anilines is 1. The van der Waals surface area contributed by atoms with E-state index in [1.807, 2.05) is 12.1 Å². The topological polar surface area (TPSA) is 55.4 Å². The second-order valence-electron chi connectivity index (χ2n) is 3.84. The van der Waals surface area contributed by atoms with Crippen molar-refractivity contribution in [3.63, 3.8) is 0 Å². The molecule has 0 radical (unpaired) electrons. The van der Waals surface area contributed by atoms with Crippen molar-refractivity contribution in [3.05, 3.63) is 24.3 Å². The minimum atomic E-state index is -0.0838. The van der Waals surface area contributed by atoms with Crippen molar-refractivity contribution in [2.24, 2.45) is 0 Å². The molecule has 1 N–H and O–H groups in total. The Morgan fingerprint density at radius 2 is 2.06 bits per heavy atom. The van der Waals surface area contributed by atoms with Crippen molar-refractivity contribution >= 4 is 17.4 Å². The van der Waals surface area contributed by atoms with E-state index in [0.29, 0.717) is 30.7 Å². The van der Waals surface area contributed by atoms with E-state index in [9.17, 15) is 9.59 Å². The molecular formula is C13H17NO3. The third kappa shape index (κ3) is 5.15. The lowest BCUT2D eigenvalue weighted by Crippen LogP contribution is -2.11. The van der Waals surface area contributed by atoms with E-state index in [2.05, 4.69) is 5.32 Å². The minimum absolute atomic E-state index is 0.0838. The lowest BCUT2D eigenvalue weighted by atomic mass is 10.2. The van der Waals surface area contributed by atoms with E-state index in [1.165, 1.54) is 6.92 Å². The third-order valence-corrected chi connectivity index (χ3v) is 2.29. The second kappa shape index (κ2) is 6.68. The normalized spacial score (nSPS) is 9.76. The maximum Gasteiger partial charge on any atom is 0.224 e. The molecule has 0 atom stereocenters. The summed E-state index contributed by atoms with van der Waals surface area (Å²) in [7, 11) is 1.58. The molecule has 92 valence electrons. The molecule has 0 bridgehead atoms. The van der Waals surface area contributed by atoms with E-state index in [-0.39, 0.29) is 11.7 Å². The third-order valence-electron chi connectivity index (χ3n) is 2.29. The number of ether oxygens (including phenoxy) is 1. The summed E-state index contributed by atoms with van der Waals surface area (Å²) < 4.78 is 5.05. The van der Waals surface area contributed by atoms with Crippen molar-refractivity contribution in [3.8, 4) is 5.75 Å². The van der Waals surface area contributed by atoms with Crippen LogP contribution in [-0.2, 0) is 9.59 Å². The maximum atomic E-state index is 11.5. The highest BCUT2D eigenvalue weighted by Crippen LogP contribution is 2.16. The van der Waals surface area contributed by atoms with Gasteiger partial charge in [-0.25, -0.2) is 0 Å². The van der Waals surface area contributed by atoms with Crippen molar-refractivity contribution in [1.82, 2.24) is 0 Å². The summed E-state index contributed by atoms with van der Waals surface area (Å²) in [4.78, 5) is 22.2. The fourth-order valence-corrected chi connectivity index (χ4v) is 1.42. The Kier molecular flexibility index (Phi) is 5.20. The molecular weight excluding hydrogens is 218 g/mol. The molecule has 4 nitrogen and oxygen atoms in total.